The van der Waals surface area contributed by atoms with Crippen LogP contribution in [0.2, 0.25) is 0 Å². The molecule has 4 unspecified atom stereocenters. The molecule has 2 aliphatic rings. The van der Waals surface area contributed by atoms with Crippen LogP contribution in [0.4, 0.5) is 0 Å². The van der Waals surface area contributed by atoms with Gasteiger partial charge >= 0.3 is 0 Å². The molecule has 2 rings (SSSR count). The largest absolute Gasteiger partial charge is 0.314 e. The van der Waals surface area contributed by atoms with E-state index in [0.717, 1.165) is 42.2 Å². The molecule has 4 atom stereocenters. The predicted molar refractivity (Wildman–Crippen MR) is 92.5 cm³/mol. The summed E-state index contributed by atoms with van der Waals surface area (Å²) in [7, 11) is 0. The van der Waals surface area contributed by atoms with E-state index in [-0.39, 0.29) is 0 Å². The molecule has 0 radical (unpaired) electrons. The highest BCUT2D eigenvalue weighted by Gasteiger charge is 2.35. The van der Waals surface area contributed by atoms with Crippen LogP contribution in [-0.2, 0) is 0 Å². The van der Waals surface area contributed by atoms with Crippen LogP contribution in [0.25, 0.3) is 0 Å². The maximum Gasteiger partial charge on any atom is 0.0112 e. The number of rotatable bonds is 5. The first-order valence-corrected chi connectivity index (χ1v) is 9.47. The van der Waals surface area contributed by atoms with Crippen molar-refractivity contribution in [3.05, 3.63) is 0 Å². The van der Waals surface area contributed by atoms with E-state index >= 15 is 0 Å². The van der Waals surface area contributed by atoms with E-state index in [1.54, 1.807) is 0 Å². The molecule has 2 fully saturated rings. The fourth-order valence-corrected chi connectivity index (χ4v) is 4.81. The molecule has 0 amide bonds. The Kier molecular flexibility index (Phi) is 6.55. The van der Waals surface area contributed by atoms with Crippen LogP contribution in [0.1, 0.15) is 60.3 Å². The summed E-state index contributed by atoms with van der Waals surface area (Å²) in [4.78, 5) is 2.76. The molecule has 1 saturated heterocycles. The van der Waals surface area contributed by atoms with E-state index in [2.05, 4.69) is 44.8 Å². The lowest BCUT2D eigenvalue weighted by molar-refractivity contribution is 0.0765. The van der Waals surface area contributed by atoms with Gasteiger partial charge in [0.05, 0.1) is 0 Å². The second-order valence-electron chi connectivity index (χ2n) is 8.26. The second kappa shape index (κ2) is 7.97. The maximum absolute atomic E-state index is 3.79. The lowest BCUT2D eigenvalue weighted by Crippen LogP contribution is -2.50. The molecule has 2 nitrogen and oxygen atoms in total. The Morgan fingerprint density at radius 2 is 1.76 bits per heavy atom. The Bertz CT molecular complexity index is 294. The van der Waals surface area contributed by atoms with E-state index < -0.39 is 0 Å². The molecule has 1 N–H and O–H groups in total. The molecule has 0 bridgehead atoms. The molecule has 1 aliphatic carbocycles. The summed E-state index contributed by atoms with van der Waals surface area (Å²) in [5.74, 6) is 4.47. The molecule has 0 aromatic carbocycles. The van der Waals surface area contributed by atoms with Crippen molar-refractivity contribution in [2.75, 3.05) is 26.2 Å². The van der Waals surface area contributed by atoms with Crippen molar-refractivity contribution in [2.45, 2.75) is 66.3 Å². The molecular weight excluding hydrogens is 256 g/mol. The van der Waals surface area contributed by atoms with Crippen LogP contribution >= 0.6 is 0 Å². The summed E-state index contributed by atoms with van der Waals surface area (Å²) in [5, 5.41) is 3.79. The van der Waals surface area contributed by atoms with E-state index in [1.807, 2.05) is 0 Å². The average Bonchev–Trinajstić information content (AvgIpc) is 2.43. The van der Waals surface area contributed by atoms with E-state index in [0.29, 0.717) is 0 Å². The van der Waals surface area contributed by atoms with Gasteiger partial charge in [-0.3, -0.25) is 0 Å². The maximum atomic E-state index is 3.79. The minimum absolute atomic E-state index is 0.747. The minimum Gasteiger partial charge on any atom is -0.314 e. The summed E-state index contributed by atoms with van der Waals surface area (Å²) >= 11 is 0. The summed E-state index contributed by atoms with van der Waals surface area (Å²) in [6.45, 7) is 17.1. The standard InChI is InChI=1S/C19H38N2/c1-6-20-19-12-15(4)11-16(5)18(19)13-21-9-7-17(8-10-21)14(2)3/h14-20H,6-13H2,1-5H3. The molecule has 21 heavy (non-hydrogen) atoms. The Hall–Kier alpha value is -0.0800. The Morgan fingerprint density at radius 3 is 2.33 bits per heavy atom. The fraction of sp³-hybridized carbons (Fsp3) is 1.00. The Morgan fingerprint density at radius 1 is 1.10 bits per heavy atom. The summed E-state index contributed by atoms with van der Waals surface area (Å²) in [6.07, 6.45) is 5.64. The van der Waals surface area contributed by atoms with Gasteiger partial charge in [0.2, 0.25) is 0 Å². The van der Waals surface area contributed by atoms with E-state index in [9.17, 15) is 0 Å². The summed E-state index contributed by atoms with van der Waals surface area (Å²) in [6, 6.07) is 0.747. The first kappa shape index (κ1) is 17.3. The Labute approximate surface area is 133 Å². The number of nitrogens with one attached hydrogen (secondary N) is 1. The molecule has 1 heterocycles. The quantitative estimate of drug-likeness (QED) is 0.824. The average molecular weight is 295 g/mol. The third-order valence-corrected chi connectivity index (χ3v) is 6.19. The fourth-order valence-electron chi connectivity index (χ4n) is 4.81. The molecular formula is C19H38N2. The number of likely N-dealkylation sites (tertiary alicyclic amines) is 1. The Balaban J connectivity index is 1.88. The van der Waals surface area contributed by atoms with E-state index in [1.165, 1.54) is 45.3 Å². The highest BCUT2D eigenvalue weighted by atomic mass is 15.1. The SMILES string of the molecule is CCNC1CC(C)CC(C)C1CN1CCC(C(C)C)CC1. The van der Waals surface area contributed by atoms with Crippen molar-refractivity contribution < 1.29 is 0 Å². The molecule has 2 heteroatoms. The van der Waals surface area contributed by atoms with Crippen LogP contribution < -0.4 is 5.32 Å². The zero-order valence-electron chi connectivity index (χ0n) is 15.1. The first-order chi connectivity index (χ1) is 10.0. The van der Waals surface area contributed by atoms with Gasteiger partial charge in [0.15, 0.2) is 0 Å². The number of hydrogen-bond acceptors (Lipinski definition) is 2. The van der Waals surface area contributed by atoms with Gasteiger partial charge in [0, 0.05) is 12.6 Å². The van der Waals surface area contributed by atoms with Gasteiger partial charge < -0.3 is 10.2 Å². The van der Waals surface area contributed by atoms with Crippen molar-refractivity contribution in [1.29, 1.82) is 0 Å². The first-order valence-electron chi connectivity index (χ1n) is 9.47. The number of hydrogen-bond donors (Lipinski definition) is 1. The lowest BCUT2D eigenvalue weighted by Gasteiger charge is -2.44. The van der Waals surface area contributed by atoms with Crippen molar-refractivity contribution in [3.8, 4) is 0 Å². The van der Waals surface area contributed by atoms with Crippen LogP contribution in [0, 0.1) is 29.6 Å². The predicted octanol–water partition coefficient (Wildman–Crippen LogP) is 4.01. The van der Waals surface area contributed by atoms with Gasteiger partial charge in [-0.2, -0.15) is 0 Å². The van der Waals surface area contributed by atoms with Gasteiger partial charge in [-0.05, 0) is 74.9 Å². The van der Waals surface area contributed by atoms with Crippen LogP contribution in [-0.4, -0.2) is 37.1 Å². The normalized spacial score (nSPS) is 36.3. The van der Waals surface area contributed by atoms with Gasteiger partial charge in [0.1, 0.15) is 0 Å². The van der Waals surface area contributed by atoms with Crippen LogP contribution in [0.5, 0.6) is 0 Å². The van der Waals surface area contributed by atoms with Crippen molar-refractivity contribution in [2.24, 2.45) is 29.6 Å². The van der Waals surface area contributed by atoms with Crippen molar-refractivity contribution in [1.82, 2.24) is 10.2 Å². The zero-order valence-corrected chi connectivity index (χ0v) is 15.1. The zero-order chi connectivity index (χ0) is 15.4. The summed E-state index contributed by atoms with van der Waals surface area (Å²) < 4.78 is 0. The molecule has 0 spiro atoms. The lowest BCUT2D eigenvalue weighted by atomic mass is 9.72. The van der Waals surface area contributed by atoms with Crippen molar-refractivity contribution >= 4 is 0 Å². The molecule has 1 aliphatic heterocycles. The van der Waals surface area contributed by atoms with Crippen molar-refractivity contribution in [3.63, 3.8) is 0 Å². The van der Waals surface area contributed by atoms with E-state index in [4.69, 9.17) is 0 Å². The molecule has 1 saturated carbocycles. The third kappa shape index (κ3) is 4.69. The third-order valence-electron chi connectivity index (χ3n) is 6.19. The van der Waals surface area contributed by atoms with Gasteiger partial charge in [-0.25, -0.2) is 0 Å². The topological polar surface area (TPSA) is 15.3 Å². The van der Waals surface area contributed by atoms with Gasteiger partial charge in [-0.1, -0.05) is 34.6 Å². The minimum atomic E-state index is 0.747. The second-order valence-corrected chi connectivity index (χ2v) is 8.26. The van der Waals surface area contributed by atoms with Gasteiger partial charge in [0.25, 0.3) is 0 Å². The summed E-state index contributed by atoms with van der Waals surface area (Å²) in [5.41, 5.74) is 0. The highest BCUT2D eigenvalue weighted by Crippen LogP contribution is 2.35. The molecule has 0 aromatic heterocycles. The monoisotopic (exact) mass is 294 g/mol. The smallest absolute Gasteiger partial charge is 0.0112 e. The van der Waals surface area contributed by atoms with Crippen LogP contribution in [0.15, 0.2) is 0 Å². The molecule has 124 valence electrons. The number of piperidine rings is 1. The highest BCUT2D eigenvalue weighted by molar-refractivity contribution is 4.90. The number of nitrogens with zero attached hydrogens (tertiary/aromatic N) is 1. The van der Waals surface area contributed by atoms with Crippen LogP contribution in [0.3, 0.4) is 0 Å². The molecule has 0 aromatic rings. The van der Waals surface area contributed by atoms with Gasteiger partial charge in [-0.15, -0.1) is 0 Å².